The van der Waals surface area contributed by atoms with E-state index in [4.69, 9.17) is 0 Å². The maximum absolute atomic E-state index is 2.55. The van der Waals surface area contributed by atoms with Crippen molar-refractivity contribution in [2.45, 2.75) is 19.9 Å². The molecule has 0 spiro atoms. The largest absolute Gasteiger partial charge is 0.298 e. The molecule has 2 rings (SSSR count). The second kappa shape index (κ2) is 4.62. The number of halogens is 1. The Balaban J connectivity index is 2.15. The second-order valence-electron chi connectivity index (χ2n) is 3.99. The van der Waals surface area contributed by atoms with E-state index in [1.807, 2.05) is 0 Å². The first-order valence-electron chi connectivity index (χ1n) is 5.16. The molecule has 0 aromatic heterocycles. The SMILES string of the molecule is Cc1ccc2c(c1)CCN(CCI)C2. The molecule has 2 heteroatoms. The fourth-order valence-electron chi connectivity index (χ4n) is 2.05. The lowest BCUT2D eigenvalue weighted by atomic mass is 9.98. The highest BCUT2D eigenvalue weighted by molar-refractivity contribution is 14.1. The summed E-state index contributed by atoms with van der Waals surface area (Å²) in [6.45, 7) is 5.80. The predicted molar refractivity (Wildman–Crippen MR) is 69.0 cm³/mol. The number of hydrogen-bond donors (Lipinski definition) is 0. The van der Waals surface area contributed by atoms with Crippen LogP contribution in [-0.4, -0.2) is 22.4 Å². The molecule has 0 aliphatic carbocycles. The fourth-order valence-corrected chi connectivity index (χ4v) is 2.73. The third kappa shape index (κ3) is 2.28. The minimum atomic E-state index is 1.15. The summed E-state index contributed by atoms with van der Waals surface area (Å²) in [4.78, 5) is 2.55. The van der Waals surface area contributed by atoms with E-state index >= 15 is 0 Å². The Labute approximate surface area is 99.6 Å². The molecular formula is C12H16IN. The number of rotatable bonds is 2. The molecule has 0 bridgehead atoms. The number of alkyl halides is 1. The molecule has 14 heavy (non-hydrogen) atoms. The van der Waals surface area contributed by atoms with Crippen LogP contribution >= 0.6 is 22.6 Å². The van der Waals surface area contributed by atoms with Crippen LogP contribution in [0.2, 0.25) is 0 Å². The van der Waals surface area contributed by atoms with Crippen molar-refractivity contribution in [1.29, 1.82) is 0 Å². The molecular weight excluding hydrogens is 285 g/mol. The van der Waals surface area contributed by atoms with Gasteiger partial charge in [-0.3, -0.25) is 4.90 Å². The molecule has 0 saturated carbocycles. The zero-order valence-electron chi connectivity index (χ0n) is 8.59. The van der Waals surface area contributed by atoms with Gasteiger partial charge in [0.1, 0.15) is 0 Å². The zero-order valence-corrected chi connectivity index (χ0v) is 10.8. The van der Waals surface area contributed by atoms with E-state index in [-0.39, 0.29) is 0 Å². The molecule has 76 valence electrons. The summed E-state index contributed by atoms with van der Waals surface area (Å²) < 4.78 is 1.24. The van der Waals surface area contributed by atoms with Crippen molar-refractivity contribution >= 4 is 22.6 Å². The monoisotopic (exact) mass is 301 g/mol. The van der Waals surface area contributed by atoms with Crippen LogP contribution in [0.25, 0.3) is 0 Å². The summed E-state index contributed by atoms with van der Waals surface area (Å²) in [6, 6.07) is 6.87. The first-order valence-corrected chi connectivity index (χ1v) is 6.69. The smallest absolute Gasteiger partial charge is 0.0236 e. The fraction of sp³-hybridized carbons (Fsp3) is 0.500. The Morgan fingerprint density at radius 2 is 2.21 bits per heavy atom. The van der Waals surface area contributed by atoms with Gasteiger partial charge in [0.05, 0.1) is 0 Å². The van der Waals surface area contributed by atoms with Crippen LogP contribution in [0.1, 0.15) is 16.7 Å². The highest BCUT2D eigenvalue weighted by Gasteiger charge is 2.14. The van der Waals surface area contributed by atoms with Gasteiger partial charge in [0.25, 0.3) is 0 Å². The van der Waals surface area contributed by atoms with E-state index in [1.165, 1.54) is 35.1 Å². The summed E-state index contributed by atoms with van der Waals surface area (Å²) in [5.74, 6) is 0. The van der Waals surface area contributed by atoms with Gasteiger partial charge in [-0.2, -0.15) is 0 Å². The summed E-state index contributed by atoms with van der Waals surface area (Å²) >= 11 is 2.45. The third-order valence-electron chi connectivity index (χ3n) is 2.85. The molecule has 1 aliphatic rings. The molecule has 1 heterocycles. The van der Waals surface area contributed by atoms with Gasteiger partial charge in [0, 0.05) is 24.1 Å². The third-order valence-corrected chi connectivity index (χ3v) is 3.34. The van der Waals surface area contributed by atoms with E-state index < -0.39 is 0 Å². The number of hydrogen-bond acceptors (Lipinski definition) is 1. The molecule has 0 amide bonds. The Morgan fingerprint density at radius 1 is 1.36 bits per heavy atom. The summed E-state index contributed by atoms with van der Waals surface area (Å²) in [5, 5.41) is 0. The highest BCUT2D eigenvalue weighted by Crippen LogP contribution is 2.19. The quantitative estimate of drug-likeness (QED) is 0.600. The van der Waals surface area contributed by atoms with Crippen LogP contribution in [0, 0.1) is 6.92 Å². The van der Waals surface area contributed by atoms with Crippen molar-refractivity contribution in [2.75, 3.05) is 17.5 Å². The number of fused-ring (bicyclic) bond motifs is 1. The van der Waals surface area contributed by atoms with Crippen molar-refractivity contribution in [3.05, 3.63) is 34.9 Å². The van der Waals surface area contributed by atoms with Crippen molar-refractivity contribution < 1.29 is 0 Å². The summed E-state index contributed by atoms with van der Waals surface area (Å²) in [5.41, 5.74) is 4.49. The molecule has 0 saturated heterocycles. The second-order valence-corrected chi connectivity index (χ2v) is 5.07. The molecule has 0 radical (unpaired) electrons. The standard InChI is InChI=1S/C12H16IN/c1-10-2-3-12-9-14(7-5-13)6-4-11(12)8-10/h2-3,8H,4-7,9H2,1H3. The lowest BCUT2D eigenvalue weighted by Gasteiger charge is -2.28. The lowest BCUT2D eigenvalue weighted by Crippen LogP contribution is -2.31. The Morgan fingerprint density at radius 3 is 3.00 bits per heavy atom. The lowest BCUT2D eigenvalue weighted by molar-refractivity contribution is 0.272. The van der Waals surface area contributed by atoms with Crippen molar-refractivity contribution in [1.82, 2.24) is 4.90 Å². The van der Waals surface area contributed by atoms with Crippen LogP contribution in [0.15, 0.2) is 18.2 Å². The van der Waals surface area contributed by atoms with Gasteiger partial charge in [0.2, 0.25) is 0 Å². The van der Waals surface area contributed by atoms with Crippen LogP contribution in [0.3, 0.4) is 0 Å². The Kier molecular flexibility index (Phi) is 3.44. The van der Waals surface area contributed by atoms with Crippen LogP contribution in [0.5, 0.6) is 0 Å². The molecule has 1 aromatic rings. The molecule has 0 N–H and O–H groups in total. The van der Waals surface area contributed by atoms with Crippen molar-refractivity contribution in [3.8, 4) is 0 Å². The van der Waals surface area contributed by atoms with Crippen LogP contribution in [-0.2, 0) is 13.0 Å². The summed E-state index contributed by atoms with van der Waals surface area (Å²) in [6.07, 6.45) is 1.23. The van der Waals surface area contributed by atoms with Gasteiger partial charge in [-0.1, -0.05) is 46.4 Å². The minimum absolute atomic E-state index is 1.15. The first-order chi connectivity index (χ1) is 6.79. The molecule has 1 aromatic carbocycles. The number of nitrogens with zero attached hydrogens (tertiary/aromatic N) is 1. The number of benzene rings is 1. The maximum Gasteiger partial charge on any atom is 0.0236 e. The van der Waals surface area contributed by atoms with Crippen molar-refractivity contribution in [2.24, 2.45) is 0 Å². The van der Waals surface area contributed by atoms with E-state index in [1.54, 1.807) is 5.56 Å². The highest BCUT2D eigenvalue weighted by atomic mass is 127. The predicted octanol–water partition coefficient (Wildman–Crippen LogP) is 2.79. The van der Waals surface area contributed by atoms with Gasteiger partial charge in [-0.25, -0.2) is 0 Å². The van der Waals surface area contributed by atoms with E-state index in [0.29, 0.717) is 0 Å². The van der Waals surface area contributed by atoms with Gasteiger partial charge >= 0.3 is 0 Å². The first kappa shape index (κ1) is 10.4. The normalized spacial score (nSPS) is 16.7. The average Bonchev–Trinajstić information content (AvgIpc) is 2.19. The zero-order chi connectivity index (χ0) is 9.97. The molecule has 1 aliphatic heterocycles. The van der Waals surface area contributed by atoms with Gasteiger partial charge in [0.15, 0.2) is 0 Å². The molecule has 0 fully saturated rings. The number of aryl methyl sites for hydroxylation is 1. The minimum Gasteiger partial charge on any atom is -0.298 e. The average molecular weight is 301 g/mol. The van der Waals surface area contributed by atoms with E-state index in [2.05, 4.69) is 52.6 Å². The maximum atomic E-state index is 2.55. The van der Waals surface area contributed by atoms with Crippen LogP contribution in [0.4, 0.5) is 0 Å². The Hall–Kier alpha value is -0.0900. The van der Waals surface area contributed by atoms with Gasteiger partial charge in [-0.15, -0.1) is 0 Å². The molecule has 0 atom stereocenters. The molecule has 1 nitrogen and oxygen atoms in total. The summed E-state index contributed by atoms with van der Waals surface area (Å²) in [7, 11) is 0. The van der Waals surface area contributed by atoms with Crippen LogP contribution < -0.4 is 0 Å². The topological polar surface area (TPSA) is 3.24 Å². The van der Waals surface area contributed by atoms with Gasteiger partial charge in [-0.05, 0) is 24.5 Å². The Bertz CT molecular complexity index is 322. The molecule has 0 unspecified atom stereocenters. The van der Waals surface area contributed by atoms with E-state index in [0.717, 1.165) is 6.54 Å². The van der Waals surface area contributed by atoms with E-state index in [9.17, 15) is 0 Å². The van der Waals surface area contributed by atoms with Gasteiger partial charge < -0.3 is 0 Å². The van der Waals surface area contributed by atoms with Crippen molar-refractivity contribution in [3.63, 3.8) is 0 Å².